The average molecular weight is 267 g/mol. The molecule has 1 unspecified atom stereocenters. The van der Waals surface area contributed by atoms with Crippen LogP contribution in [0.1, 0.15) is 17.4 Å². The van der Waals surface area contributed by atoms with Gasteiger partial charge in [0, 0.05) is 31.7 Å². The van der Waals surface area contributed by atoms with Crippen LogP contribution < -0.4 is 5.32 Å². The second kappa shape index (κ2) is 4.19. The zero-order valence-corrected chi connectivity index (χ0v) is 10.9. The van der Waals surface area contributed by atoms with E-state index in [0.29, 0.717) is 17.5 Å². The highest BCUT2D eigenvalue weighted by molar-refractivity contribution is 5.59. The molecule has 0 radical (unpaired) electrons. The predicted molar refractivity (Wildman–Crippen MR) is 73.3 cm³/mol. The summed E-state index contributed by atoms with van der Waals surface area (Å²) in [5.41, 5.74) is 2.33. The Kier molecular flexibility index (Phi) is 2.35. The highest BCUT2D eigenvalue weighted by Crippen LogP contribution is 2.35. The van der Waals surface area contributed by atoms with E-state index in [1.54, 1.807) is 6.20 Å². The van der Waals surface area contributed by atoms with Crippen LogP contribution in [0.4, 0.5) is 5.69 Å². The van der Waals surface area contributed by atoms with Crippen molar-refractivity contribution < 1.29 is 4.52 Å². The maximum atomic E-state index is 5.43. The predicted octanol–water partition coefficient (Wildman–Crippen LogP) is 2.03. The standard InChI is InChI=1S/C14H13N5O/c1-19-7-6-15-13(19)12-17-14(20-18-12)10-8-16-11-5-3-2-4-9(10)11/h2-7,10,16H,8H2,1H3. The number of benzene rings is 1. The summed E-state index contributed by atoms with van der Waals surface area (Å²) in [6.07, 6.45) is 3.58. The lowest BCUT2D eigenvalue weighted by Gasteiger charge is -2.03. The SMILES string of the molecule is Cn1ccnc1-c1noc(C2CNc3ccccc32)n1. The zero-order valence-electron chi connectivity index (χ0n) is 10.9. The lowest BCUT2D eigenvalue weighted by atomic mass is 10.0. The van der Waals surface area contributed by atoms with Crippen LogP contribution in [-0.2, 0) is 7.05 Å². The number of nitrogens with one attached hydrogen (secondary N) is 1. The first kappa shape index (κ1) is 11.2. The van der Waals surface area contributed by atoms with Gasteiger partial charge in [-0.2, -0.15) is 4.98 Å². The minimum Gasteiger partial charge on any atom is -0.384 e. The summed E-state index contributed by atoms with van der Waals surface area (Å²) in [5, 5.41) is 7.40. The number of hydrogen-bond acceptors (Lipinski definition) is 5. The largest absolute Gasteiger partial charge is 0.384 e. The number of fused-ring (bicyclic) bond motifs is 1. The fourth-order valence-corrected chi connectivity index (χ4v) is 2.55. The van der Waals surface area contributed by atoms with Crippen LogP contribution >= 0.6 is 0 Å². The Hall–Kier alpha value is -2.63. The summed E-state index contributed by atoms with van der Waals surface area (Å²) in [4.78, 5) is 8.73. The Morgan fingerprint density at radius 2 is 2.25 bits per heavy atom. The van der Waals surface area contributed by atoms with Crippen LogP contribution in [0.5, 0.6) is 0 Å². The summed E-state index contributed by atoms with van der Waals surface area (Å²) in [7, 11) is 1.91. The molecular formula is C14H13N5O. The molecule has 4 rings (SSSR count). The molecule has 6 heteroatoms. The monoisotopic (exact) mass is 267 g/mol. The molecule has 0 saturated carbocycles. The molecule has 1 N–H and O–H groups in total. The van der Waals surface area contributed by atoms with E-state index >= 15 is 0 Å². The van der Waals surface area contributed by atoms with Gasteiger partial charge in [0.25, 0.3) is 0 Å². The summed E-state index contributed by atoms with van der Waals surface area (Å²) < 4.78 is 7.30. The summed E-state index contributed by atoms with van der Waals surface area (Å²) in [5.74, 6) is 1.96. The first-order valence-electron chi connectivity index (χ1n) is 6.47. The normalized spacial score (nSPS) is 16.9. The Morgan fingerprint density at radius 1 is 1.35 bits per heavy atom. The fraction of sp³-hybridized carbons (Fsp3) is 0.214. The van der Waals surface area contributed by atoms with Crippen molar-refractivity contribution >= 4 is 5.69 Å². The number of aromatic nitrogens is 4. The van der Waals surface area contributed by atoms with E-state index in [0.717, 1.165) is 12.2 Å². The van der Waals surface area contributed by atoms with Gasteiger partial charge in [-0.25, -0.2) is 4.98 Å². The minimum atomic E-state index is 0.104. The van der Waals surface area contributed by atoms with Gasteiger partial charge in [0.1, 0.15) is 0 Å². The molecule has 100 valence electrons. The van der Waals surface area contributed by atoms with Gasteiger partial charge < -0.3 is 14.4 Å². The molecule has 3 aromatic rings. The molecule has 0 spiro atoms. The maximum absolute atomic E-state index is 5.43. The van der Waals surface area contributed by atoms with Gasteiger partial charge in [-0.15, -0.1) is 0 Å². The van der Waals surface area contributed by atoms with Crippen molar-refractivity contribution in [2.24, 2.45) is 7.05 Å². The van der Waals surface area contributed by atoms with Gasteiger partial charge in [-0.3, -0.25) is 0 Å². The van der Waals surface area contributed by atoms with E-state index in [1.807, 2.05) is 29.9 Å². The van der Waals surface area contributed by atoms with E-state index < -0.39 is 0 Å². The third-order valence-electron chi connectivity index (χ3n) is 3.59. The number of para-hydroxylation sites is 1. The third-order valence-corrected chi connectivity index (χ3v) is 3.59. The molecule has 0 bridgehead atoms. The topological polar surface area (TPSA) is 68.8 Å². The van der Waals surface area contributed by atoms with Gasteiger partial charge >= 0.3 is 0 Å². The number of aryl methyl sites for hydroxylation is 1. The molecule has 6 nitrogen and oxygen atoms in total. The van der Waals surface area contributed by atoms with Crippen molar-refractivity contribution in [2.45, 2.75) is 5.92 Å². The number of rotatable bonds is 2. The van der Waals surface area contributed by atoms with E-state index in [4.69, 9.17) is 4.52 Å². The molecule has 0 amide bonds. The summed E-state index contributed by atoms with van der Waals surface area (Å²) >= 11 is 0. The maximum Gasteiger partial charge on any atom is 0.238 e. The van der Waals surface area contributed by atoms with Crippen LogP contribution in [0.25, 0.3) is 11.6 Å². The van der Waals surface area contributed by atoms with Crippen LogP contribution in [0.3, 0.4) is 0 Å². The van der Waals surface area contributed by atoms with Gasteiger partial charge in [0.05, 0.1) is 5.92 Å². The number of hydrogen-bond donors (Lipinski definition) is 1. The average Bonchev–Trinajstić information content (AvgIpc) is 3.15. The Balaban J connectivity index is 1.72. The van der Waals surface area contributed by atoms with Crippen molar-refractivity contribution in [3.8, 4) is 11.6 Å². The second-order valence-electron chi connectivity index (χ2n) is 4.84. The van der Waals surface area contributed by atoms with Gasteiger partial charge in [-0.05, 0) is 11.6 Å². The van der Waals surface area contributed by atoms with E-state index in [9.17, 15) is 0 Å². The summed E-state index contributed by atoms with van der Waals surface area (Å²) in [6, 6.07) is 8.19. The second-order valence-corrected chi connectivity index (χ2v) is 4.84. The lowest BCUT2D eigenvalue weighted by molar-refractivity contribution is 0.370. The summed E-state index contributed by atoms with van der Waals surface area (Å²) in [6.45, 7) is 0.779. The number of nitrogens with zero attached hydrogens (tertiary/aromatic N) is 4. The lowest BCUT2D eigenvalue weighted by Crippen LogP contribution is -2.04. The molecule has 0 fully saturated rings. The molecule has 1 aliphatic heterocycles. The Bertz CT molecular complexity index is 760. The molecule has 3 heterocycles. The first-order valence-corrected chi connectivity index (χ1v) is 6.47. The first-order chi connectivity index (χ1) is 9.83. The van der Waals surface area contributed by atoms with Crippen molar-refractivity contribution in [1.82, 2.24) is 19.7 Å². The van der Waals surface area contributed by atoms with E-state index in [-0.39, 0.29) is 5.92 Å². The molecular weight excluding hydrogens is 254 g/mol. The number of anilines is 1. The Morgan fingerprint density at radius 3 is 3.10 bits per heavy atom. The smallest absolute Gasteiger partial charge is 0.238 e. The zero-order chi connectivity index (χ0) is 13.5. The van der Waals surface area contributed by atoms with Crippen LogP contribution in [0, 0.1) is 0 Å². The molecule has 1 aromatic carbocycles. The quantitative estimate of drug-likeness (QED) is 0.769. The number of imidazole rings is 1. The Labute approximate surface area is 115 Å². The third kappa shape index (κ3) is 1.61. The van der Waals surface area contributed by atoms with Crippen LogP contribution in [0.15, 0.2) is 41.2 Å². The molecule has 0 saturated heterocycles. The van der Waals surface area contributed by atoms with Crippen molar-refractivity contribution in [1.29, 1.82) is 0 Å². The molecule has 20 heavy (non-hydrogen) atoms. The van der Waals surface area contributed by atoms with Gasteiger partial charge in [-0.1, -0.05) is 23.4 Å². The van der Waals surface area contributed by atoms with E-state index in [2.05, 4.69) is 32.6 Å². The molecule has 0 aliphatic carbocycles. The molecule has 1 atom stereocenters. The highest BCUT2D eigenvalue weighted by atomic mass is 16.5. The van der Waals surface area contributed by atoms with Crippen molar-refractivity contribution in [3.05, 3.63) is 48.1 Å². The fourth-order valence-electron chi connectivity index (χ4n) is 2.55. The van der Waals surface area contributed by atoms with E-state index in [1.165, 1.54) is 5.56 Å². The van der Waals surface area contributed by atoms with Crippen LogP contribution in [-0.4, -0.2) is 26.2 Å². The molecule has 1 aliphatic rings. The van der Waals surface area contributed by atoms with Gasteiger partial charge in [0.15, 0.2) is 5.82 Å². The van der Waals surface area contributed by atoms with Crippen molar-refractivity contribution in [3.63, 3.8) is 0 Å². The molecule has 2 aromatic heterocycles. The van der Waals surface area contributed by atoms with Gasteiger partial charge in [0.2, 0.25) is 11.7 Å². The van der Waals surface area contributed by atoms with Crippen molar-refractivity contribution in [2.75, 3.05) is 11.9 Å². The van der Waals surface area contributed by atoms with Crippen LogP contribution in [0.2, 0.25) is 0 Å². The highest BCUT2D eigenvalue weighted by Gasteiger charge is 2.28. The minimum absolute atomic E-state index is 0.104.